The van der Waals surface area contributed by atoms with Gasteiger partial charge in [0.05, 0.1) is 11.4 Å². The second kappa shape index (κ2) is 14.2. The molecule has 0 bridgehead atoms. The van der Waals surface area contributed by atoms with Crippen molar-refractivity contribution >= 4 is 0 Å². The third-order valence-electron chi connectivity index (χ3n) is 8.51. The van der Waals surface area contributed by atoms with E-state index < -0.39 is 5.79 Å². The summed E-state index contributed by atoms with van der Waals surface area (Å²) in [7, 11) is 1.66. The summed E-state index contributed by atoms with van der Waals surface area (Å²) in [4.78, 5) is 5.27. The van der Waals surface area contributed by atoms with E-state index >= 15 is 0 Å². The summed E-state index contributed by atoms with van der Waals surface area (Å²) >= 11 is 0. The summed E-state index contributed by atoms with van der Waals surface area (Å²) in [6, 6.07) is 31.8. The molecule has 7 nitrogen and oxygen atoms in total. The fourth-order valence-corrected chi connectivity index (χ4v) is 6.46. The van der Waals surface area contributed by atoms with Gasteiger partial charge in [0.15, 0.2) is 12.1 Å². The van der Waals surface area contributed by atoms with Gasteiger partial charge in [-0.1, -0.05) is 110 Å². The van der Waals surface area contributed by atoms with Gasteiger partial charge in [-0.05, 0) is 33.2 Å². The van der Waals surface area contributed by atoms with Crippen LogP contribution in [0.1, 0.15) is 46.0 Å². The van der Waals surface area contributed by atoms with Crippen LogP contribution in [0.4, 0.5) is 0 Å². The lowest BCUT2D eigenvalue weighted by atomic mass is 10.0. The lowest BCUT2D eigenvalue weighted by molar-refractivity contribution is -0.226. The van der Waals surface area contributed by atoms with Gasteiger partial charge in [-0.15, -0.1) is 0 Å². The number of fused-ring (bicyclic) bond motifs is 1. The first kappa shape index (κ1) is 30.7. The molecule has 4 aromatic rings. The molecular formula is C37H45N3O4. The minimum atomic E-state index is -0.600. The molecule has 3 heterocycles. The molecule has 0 unspecified atom stereocenters. The molecule has 2 aliphatic rings. The standard InChI is InChI=1S/C37H45N3O4/c1-37(2)43-33-30(42-36(41-3)34(33)44-37)26-38-24-16-5-4-6-17-25-40-32(28-20-12-8-13-21-28)31(27-18-10-7-11-19-27)39-35(40)29-22-14-9-15-23-29/h7-15,18-23,30,33-34,36,38H,4-6,16-17,24-26H2,1-3H3/t30-,33-,34-,36-/m1/s1. The Hall–Kier alpha value is -3.33. The van der Waals surface area contributed by atoms with Gasteiger partial charge >= 0.3 is 0 Å². The van der Waals surface area contributed by atoms with E-state index in [1.54, 1.807) is 7.11 Å². The number of imidazole rings is 1. The molecule has 1 N–H and O–H groups in total. The van der Waals surface area contributed by atoms with E-state index in [0.29, 0.717) is 0 Å². The second-order valence-electron chi connectivity index (χ2n) is 12.2. The Kier molecular flexibility index (Phi) is 9.89. The number of unbranched alkanes of at least 4 members (excludes halogenated alkanes) is 4. The molecule has 2 saturated heterocycles. The molecule has 2 fully saturated rings. The van der Waals surface area contributed by atoms with E-state index in [4.69, 9.17) is 23.9 Å². The Morgan fingerprint density at radius 3 is 2.02 bits per heavy atom. The van der Waals surface area contributed by atoms with Crippen molar-refractivity contribution in [2.24, 2.45) is 0 Å². The zero-order chi connectivity index (χ0) is 30.4. The van der Waals surface area contributed by atoms with E-state index in [1.807, 2.05) is 13.8 Å². The quantitative estimate of drug-likeness (QED) is 0.154. The molecule has 0 saturated carbocycles. The second-order valence-corrected chi connectivity index (χ2v) is 12.2. The lowest BCUT2D eigenvalue weighted by Crippen LogP contribution is -2.37. The van der Waals surface area contributed by atoms with Gasteiger partial charge in [0.25, 0.3) is 0 Å². The van der Waals surface area contributed by atoms with Gasteiger partial charge in [-0.2, -0.15) is 0 Å². The summed E-state index contributed by atoms with van der Waals surface area (Å²) in [5.74, 6) is 0.428. The van der Waals surface area contributed by atoms with Crippen LogP contribution in [0.3, 0.4) is 0 Å². The molecular weight excluding hydrogens is 550 g/mol. The van der Waals surface area contributed by atoms with Gasteiger partial charge in [0.2, 0.25) is 0 Å². The first-order valence-electron chi connectivity index (χ1n) is 16.1. The maximum Gasteiger partial charge on any atom is 0.186 e. The van der Waals surface area contributed by atoms with E-state index in [-0.39, 0.29) is 24.6 Å². The van der Waals surface area contributed by atoms with Crippen molar-refractivity contribution in [1.29, 1.82) is 0 Å². The van der Waals surface area contributed by atoms with Gasteiger partial charge in [0, 0.05) is 36.9 Å². The number of nitrogens with zero attached hydrogens (tertiary/aromatic N) is 2. The predicted molar refractivity (Wildman–Crippen MR) is 174 cm³/mol. The predicted octanol–water partition coefficient (Wildman–Crippen LogP) is 7.32. The van der Waals surface area contributed by atoms with Crippen LogP contribution in [0.2, 0.25) is 0 Å². The Morgan fingerprint density at radius 1 is 0.750 bits per heavy atom. The maximum atomic E-state index is 6.10. The Morgan fingerprint density at radius 2 is 1.34 bits per heavy atom. The van der Waals surface area contributed by atoms with Crippen LogP contribution < -0.4 is 5.32 Å². The number of rotatable bonds is 14. The average Bonchev–Trinajstić information content (AvgIpc) is 3.70. The van der Waals surface area contributed by atoms with Gasteiger partial charge in [-0.25, -0.2) is 4.98 Å². The molecule has 1 aromatic heterocycles. The SMILES string of the molecule is CO[C@@H]1O[C@H](CNCCCCCCCn2c(-c3ccccc3)nc(-c3ccccc3)c2-c2ccccc2)[C@H]2OC(C)(C)O[C@@H]12. The monoisotopic (exact) mass is 595 g/mol. The summed E-state index contributed by atoms with van der Waals surface area (Å²) in [6.45, 7) is 6.50. The zero-order valence-corrected chi connectivity index (χ0v) is 26.2. The van der Waals surface area contributed by atoms with Crippen LogP contribution >= 0.6 is 0 Å². The van der Waals surface area contributed by atoms with Crippen molar-refractivity contribution in [1.82, 2.24) is 14.9 Å². The highest BCUT2D eigenvalue weighted by molar-refractivity contribution is 5.82. The third-order valence-corrected chi connectivity index (χ3v) is 8.51. The number of ether oxygens (including phenoxy) is 4. The molecule has 6 rings (SSSR count). The van der Waals surface area contributed by atoms with Crippen molar-refractivity contribution in [2.75, 3.05) is 20.2 Å². The number of hydrogen-bond donors (Lipinski definition) is 1. The average molecular weight is 596 g/mol. The molecule has 0 amide bonds. The summed E-state index contributed by atoms with van der Waals surface area (Å²) in [5.41, 5.74) is 5.70. The minimum Gasteiger partial charge on any atom is -0.353 e. The Labute approximate surface area is 261 Å². The van der Waals surface area contributed by atoms with Crippen LogP contribution in [0.5, 0.6) is 0 Å². The van der Waals surface area contributed by atoms with Crippen molar-refractivity contribution in [3.63, 3.8) is 0 Å². The first-order chi connectivity index (χ1) is 21.5. The highest BCUT2D eigenvalue weighted by Crippen LogP contribution is 2.39. The number of nitrogens with one attached hydrogen (secondary N) is 1. The molecule has 0 spiro atoms. The minimum absolute atomic E-state index is 0.0692. The molecule has 232 valence electrons. The van der Waals surface area contributed by atoms with Crippen molar-refractivity contribution < 1.29 is 18.9 Å². The van der Waals surface area contributed by atoms with Crippen LogP contribution in [0.15, 0.2) is 91.0 Å². The summed E-state index contributed by atoms with van der Waals surface area (Å²) in [5, 5.41) is 3.57. The number of methoxy groups -OCH3 is 1. The van der Waals surface area contributed by atoms with Gasteiger partial charge in [0.1, 0.15) is 24.1 Å². The largest absolute Gasteiger partial charge is 0.353 e. The first-order valence-corrected chi connectivity index (χ1v) is 16.1. The van der Waals surface area contributed by atoms with Crippen LogP contribution in [-0.4, -0.2) is 60.1 Å². The van der Waals surface area contributed by atoms with Gasteiger partial charge in [-0.3, -0.25) is 0 Å². The number of hydrogen-bond acceptors (Lipinski definition) is 6. The molecule has 0 aliphatic carbocycles. The maximum absolute atomic E-state index is 6.10. The Balaban J connectivity index is 1.04. The zero-order valence-electron chi connectivity index (χ0n) is 26.2. The highest BCUT2D eigenvalue weighted by atomic mass is 16.8. The van der Waals surface area contributed by atoms with Crippen LogP contribution in [-0.2, 0) is 25.5 Å². The Bertz CT molecular complexity index is 1460. The summed E-state index contributed by atoms with van der Waals surface area (Å²) in [6.07, 6.45) is 5.07. The third kappa shape index (κ3) is 6.98. The fourth-order valence-electron chi connectivity index (χ4n) is 6.46. The molecule has 3 aromatic carbocycles. The van der Waals surface area contributed by atoms with Crippen molar-refractivity contribution in [2.45, 2.75) is 82.9 Å². The molecule has 0 radical (unpaired) electrons. The van der Waals surface area contributed by atoms with E-state index in [0.717, 1.165) is 55.1 Å². The van der Waals surface area contributed by atoms with E-state index in [9.17, 15) is 0 Å². The highest BCUT2D eigenvalue weighted by Gasteiger charge is 2.55. The topological polar surface area (TPSA) is 66.8 Å². The van der Waals surface area contributed by atoms with Crippen molar-refractivity contribution in [3.8, 4) is 33.9 Å². The van der Waals surface area contributed by atoms with Crippen LogP contribution in [0, 0.1) is 0 Å². The van der Waals surface area contributed by atoms with Crippen molar-refractivity contribution in [3.05, 3.63) is 91.0 Å². The smallest absolute Gasteiger partial charge is 0.186 e. The summed E-state index contributed by atoms with van der Waals surface area (Å²) < 4.78 is 26.1. The normalized spacial score (nSPS) is 22.3. The molecule has 4 atom stereocenters. The van der Waals surface area contributed by atoms with E-state index in [2.05, 4.69) is 101 Å². The lowest BCUT2D eigenvalue weighted by Gasteiger charge is -2.23. The van der Waals surface area contributed by atoms with Crippen LogP contribution in [0.25, 0.3) is 33.9 Å². The fraction of sp³-hybridized carbons (Fsp3) is 0.432. The van der Waals surface area contributed by atoms with E-state index in [1.165, 1.54) is 30.5 Å². The number of aromatic nitrogens is 2. The molecule has 2 aliphatic heterocycles. The van der Waals surface area contributed by atoms with Gasteiger partial charge < -0.3 is 28.8 Å². The number of benzene rings is 3. The molecule has 7 heteroatoms. The molecule has 44 heavy (non-hydrogen) atoms.